The third-order valence-electron chi connectivity index (χ3n) is 2.34. The van der Waals surface area contributed by atoms with Gasteiger partial charge < -0.3 is 15.8 Å². The van der Waals surface area contributed by atoms with E-state index in [0.717, 1.165) is 12.1 Å². The van der Waals surface area contributed by atoms with E-state index in [2.05, 4.69) is 10.1 Å². The summed E-state index contributed by atoms with van der Waals surface area (Å²) in [5.74, 6) is -2.10. The molecule has 1 aromatic rings. The van der Waals surface area contributed by atoms with E-state index in [4.69, 9.17) is 5.73 Å². The molecule has 0 saturated carbocycles. The standard InChI is InChI=1S/C12H16F2N2O2.ClH/c1-7(15)3-4-12(17)16-10-5-9(14)11(18-2)6-8(10)13;/h5-7H,3-4,15H2,1-2H3,(H,16,17);1H. The van der Waals surface area contributed by atoms with Crippen molar-refractivity contribution >= 4 is 24.0 Å². The third-order valence-corrected chi connectivity index (χ3v) is 2.34. The van der Waals surface area contributed by atoms with Crippen LogP contribution in [0.5, 0.6) is 5.75 Å². The Hall–Kier alpha value is -1.40. The number of rotatable bonds is 5. The van der Waals surface area contributed by atoms with Gasteiger partial charge in [-0.15, -0.1) is 12.4 Å². The Labute approximate surface area is 116 Å². The summed E-state index contributed by atoms with van der Waals surface area (Å²) in [6, 6.07) is 1.65. The molecule has 1 atom stereocenters. The Morgan fingerprint density at radius 3 is 2.58 bits per heavy atom. The second-order valence-electron chi connectivity index (χ2n) is 4.03. The van der Waals surface area contributed by atoms with Crippen molar-refractivity contribution < 1.29 is 18.3 Å². The zero-order chi connectivity index (χ0) is 13.7. The lowest BCUT2D eigenvalue weighted by Gasteiger charge is -2.09. The molecular weight excluding hydrogens is 278 g/mol. The van der Waals surface area contributed by atoms with Gasteiger partial charge in [0.2, 0.25) is 5.91 Å². The van der Waals surface area contributed by atoms with Crippen LogP contribution < -0.4 is 15.8 Å². The first-order valence-electron chi connectivity index (χ1n) is 5.52. The van der Waals surface area contributed by atoms with E-state index in [0.29, 0.717) is 6.42 Å². The van der Waals surface area contributed by atoms with Crippen molar-refractivity contribution in [2.45, 2.75) is 25.8 Å². The summed E-state index contributed by atoms with van der Waals surface area (Å²) in [7, 11) is 1.23. The van der Waals surface area contributed by atoms with E-state index in [1.165, 1.54) is 7.11 Å². The smallest absolute Gasteiger partial charge is 0.224 e. The monoisotopic (exact) mass is 294 g/mol. The van der Waals surface area contributed by atoms with Gasteiger partial charge in [0.25, 0.3) is 0 Å². The predicted octanol–water partition coefficient (Wildman–Crippen LogP) is 2.46. The minimum Gasteiger partial charge on any atom is -0.494 e. The highest BCUT2D eigenvalue weighted by molar-refractivity contribution is 5.90. The fourth-order valence-corrected chi connectivity index (χ4v) is 1.35. The summed E-state index contributed by atoms with van der Waals surface area (Å²) in [6.45, 7) is 1.76. The van der Waals surface area contributed by atoms with Gasteiger partial charge in [-0.1, -0.05) is 0 Å². The van der Waals surface area contributed by atoms with Gasteiger partial charge in [0.1, 0.15) is 0 Å². The highest BCUT2D eigenvalue weighted by Crippen LogP contribution is 2.24. The van der Waals surface area contributed by atoms with Crippen LogP contribution in [0.25, 0.3) is 0 Å². The quantitative estimate of drug-likeness (QED) is 0.877. The normalized spacial score (nSPS) is 11.4. The zero-order valence-corrected chi connectivity index (χ0v) is 11.5. The van der Waals surface area contributed by atoms with Crippen LogP contribution in [0.3, 0.4) is 0 Å². The molecule has 0 aliphatic carbocycles. The molecule has 0 aliphatic heterocycles. The fraction of sp³-hybridized carbons (Fsp3) is 0.417. The molecule has 4 nitrogen and oxygen atoms in total. The molecule has 1 unspecified atom stereocenters. The summed E-state index contributed by atoms with van der Waals surface area (Å²) in [6.07, 6.45) is 0.636. The molecule has 19 heavy (non-hydrogen) atoms. The number of halogens is 3. The summed E-state index contributed by atoms with van der Waals surface area (Å²) >= 11 is 0. The van der Waals surface area contributed by atoms with Crippen molar-refractivity contribution in [3.8, 4) is 5.75 Å². The molecular formula is C12H17ClF2N2O2. The molecule has 0 heterocycles. The lowest BCUT2D eigenvalue weighted by atomic mass is 10.2. The van der Waals surface area contributed by atoms with Crippen LogP contribution >= 0.6 is 12.4 Å². The maximum absolute atomic E-state index is 13.5. The summed E-state index contributed by atoms with van der Waals surface area (Å²) in [5.41, 5.74) is 5.29. The highest BCUT2D eigenvalue weighted by Gasteiger charge is 2.12. The maximum atomic E-state index is 13.5. The number of hydrogen-bond donors (Lipinski definition) is 2. The second-order valence-corrected chi connectivity index (χ2v) is 4.03. The van der Waals surface area contributed by atoms with Gasteiger partial charge in [-0.3, -0.25) is 4.79 Å². The molecule has 0 radical (unpaired) electrons. The van der Waals surface area contributed by atoms with Gasteiger partial charge in [0.15, 0.2) is 17.4 Å². The van der Waals surface area contributed by atoms with Gasteiger partial charge in [0, 0.05) is 24.6 Å². The van der Waals surface area contributed by atoms with Crippen LogP contribution in [-0.2, 0) is 4.79 Å². The molecule has 1 aromatic carbocycles. The van der Waals surface area contributed by atoms with Gasteiger partial charge in [0.05, 0.1) is 12.8 Å². The van der Waals surface area contributed by atoms with Crippen LogP contribution in [0.2, 0.25) is 0 Å². The molecule has 1 amide bonds. The van der Waals surface area contributed by atoms with Crippen molar-refractivity contribution in [3.63, 3.8) is 0 Å². The van der Waals surface area contributed by atoms with Crippen molar-refractivity contribution in [3.05, 3.63) is 23.8 Å². The Morgan fingerprint density at radius 2 is 2.05 bits per heavy atom. The lowest BCUT2D eigenvalue weighted by molar-refractivity contribution is -0.116. The van der Waals surface area contributed by atoms with E-state index in [1.807, 2.05) is 0 Å². The number of hydrogen-bond acceptors (Lipinski definition) is 3. The van der Waals surface area contributed by atoms with Crippen LogP contribution in [-0.4, -0.2) is 19.1 Å². The van der Waals surface area contributed by atoms with Crippen LogP contribution in [0, 0.1) is 11.6 Å². The van der Waals surface area contributed by atoms with Gasteiger partial charge >= 0.3 is 0 Å². The van der Waals surface area contributed by atoms with Crippen LogP contribution in [0.4, 0.5) is 14.5 Å². The lowest BCUT2D eigenvalue weighted by Crippen LogP contribution is -2.20. The molecule has 0 aliphatic rings. The third kappa shape index (κ3) is 5.40. The molecule has 0 bridgehead atoms. The summed E-state index contributed by atoms with van der Waals surface area (Å²) in [4.78, 5) is 11.4. The molecule has 3 N–H and O–H groups in total. The zero-order valence-electron chi connectivity index (χ0n) is 10.7. The SMILES string of the molecule is COc1cc(F)c(NC(=O)CCC(C)N)cc1F.Cl. The van der Waals surface area contributed by atoms with E-state index in [9.17, 15) is 13.6 Å². The summed E-state index contributed by atoms with van der Waals surface area (Å²) < 4.78 is 31.4. The molecule has 108 valence electrons. The van der Waals surface area contributed by atoms with Gasteiger partial charge in [-0.2, -0.15) is 0 Å². The molecule has 0 aromatic heterocycles. The van der Waals surface area contributed by atoms with E-state index in [1.54, 1.807) is 6.92 Å². The Kier molecular flexibility index (Phi) is 7.33. The average Bonchev–Trinajstić information content (AvgIpc) is 2.30. The number of anilines is 1. The predicted molar refractivity (Wildman–Crippen MR) is 71.7 cm³/mol. The number of nitrogens with two attached hydrogens (primary N) is 1. The summed E-state index contributed by atoms with van der Waals surface area (Å²) in [5, 5.41) is 2.29. The molecule has 1 rings (SSSR count). The fourth-order valence-electron chi connectivity index (χ4n) is 1.35. The van der Waals surface area contributed by atoms with Crippen molar-refractivity contribution in [1.82, 2.24) is 0 Å². The van der Waals surface area contributed by atoms with Crippen molar-refractivity contribution in [2.75, 3.05) is 12.4 Å². The first-order valence-corrected chi connectivity index (χ1v) is 5.52. The van der Waals surface area contributed by atoms with Gasteiger partial charge in [-0.25, -0.2) is 8.78 Å². The Balaban J connectivity index is 0.00000324. The number of carbonyl (C=O) groups is 1. The molecule has 7 heteroatoms. The maximum Gasteiger partial charge on any atom is 0.224 e. The molecule has 0 spiro atoms. The minimum absolute atomic E-state index is 0. The van der Waals surface area contributed by atoms with E-state index in [-0.39, 0.29) is 36.3 Å². The number of ether oxygens (including phenoxy) is 1. The number of nitrogens with one attached hydrogen (secondary N) is 1. The minimum atomic E-state index is -0.748. The number of methoxy groups -OCH3 is 1. The van der Waals surface area contributed by atoms with Crippen molar-refractivity contribution in [2.24, 2.45) is 5.73 Å². The largest absolute Gasteiger partial charge is 0.494 e. The van der Waals surface area contributed by atoms with E-state index >= 15 is 0 Å². The second kappa shape index (κ2) is 7.91. The highest BCUT2D eigenvalue weighted by atomic mass is 35.5. The average molecular weight is 295 g/mol. The molecule has 0 saturated heterocycles. The topological polar surface area (TPSA) is 64.3 Å². The first kappa shape index (κ1) is 17.6. The number of amides is 1. The van der Waals surface area contributed by atoms with Crippen LogP contribution in [0.1, 0.15) is 19.8 Å². The first-order chi connectivity index (χ1) is 8.43. The number of benzene rings is 1. The van der Waals surface area contributed by atoms with Gasteiger partial charge in [-0.05, 0) is 13.3 Å². The van der Waals surface area contributed by atoms with E-state index < -0.39 is 17.5 Å². The Bertz CT molecular complexity index is 442. The molecule has 0 fully saturated rings. The Morgan fingerprint density at radius 1 is 1.42 bits per heavy atom. The van der Waals surface area contributed by atoms with Crippen LogP contribution in [0.15, 0.2) is 12.1 Å². The number of carbonyl (C=O) groups excluding carboxylic acids is 1. The van der Waals surface area contributed by atoms with Crippen molar-refractivity contribution in [1.29, 1.82) is 0 Å².